The van der Waals surface area contributed by atoms with Crippen LogP contribution in [0.3, 0.4) is 0 Å². The van der Waals surface area contributed by atoms with Gasteiger partial charge in [-0.15, -0.1) is 0 Å². The molecule has 21 heavy (non-hydrogen) atoms. The number of carbonyl (C=O) groups is 1. The molecule has 1 atom stereocenters. The van der Waals surface area contributed by atoms with Crippen LogP contribution >= 0.6 is 0 Å². The first-order valence-corrected chi connectivity index (χ1v) is 8.71. The summed E-state index contributed by atoms with van der Waals surface area (Å²) < 4.78 is 28.1. The fourth-order valence-corrected chi connectivity index (χ4v) is 3.90. The van der Waals surface area contributed by atoms with Gasteiger partial charge in [-0.1, -0.05) is 0 Å². The molecule has 1 aromatic rings. The third kappa shape index (κ3) is 4.13. The Labute approximate surface area is 124 Å². The number of sulfone groups is 1. The number of aromatic nitrogens is 2. The van der Waals surface area contributed by atoms with Crippen molar-refractivity contribution in [2.75, 3.05) is 23.4 Å². The lowest BCUT2D eigenvalue weighted by molar-refractivity contribution is 0.0524. The van der Waals surface area contributed by atoms with Crippen LogP contribution in [0.15, 0.2) is 6.20 Å². The summed E-state index contributed by atoms with van der Waals surface area (Å²) in [4.78, 5) is 19.9. The Morgan fingerprint density at radius 2 is 2.29 bits per heavy atom. The summed E-state index contributed by atoms with van der Waals surface area (Å²) in [6, 6.07) is -0.184. The number of nitrogens with zero attached hydrogens (tertiary/aromatic N) is 2. The molecule has 0 saturated carbocycles. The van der Waals surface area contributed by atoms with Gasteiger partial charge in [-0.3, -0.25) is 0 Å². The molecule has 1 fully saturated rings. The number of hydrogen-bond acceptors (Lipinski definition) is 7. The van der Waals surface area contributed by atoms with Gasteiger partial charge in [0.1, 0.15) is 0 Å². The fraction of sp³-hybridized carbons (Fsp3) is 0.615. The lowest BCUT2D eigenvalue weighted by atomic mass is 10.2. The first-order valence-electron chi connectivity index (χ1n) is 6.89. The molecular formula is C13H19N3O4S. The Balaban J connectivity index is 2.08. The van der Waals surface area contributed by atoms with Gasteiger partial charge >= 0.3 is 5.97 Å². The monoisotopic (exact) mass is 313 g/mol. The summed E-state index contributed by atoms with van der Waals surface area (Å²) in [5, 5.41) is 3.02. The molecule has 1 aliphatic heterocycles. The van der Waals surface area contributed by atoms with Gasteiger partial charge in [-0.05, 0) is 26.7 Å². The highest BCUT2D eigenvalue weighted by Crippen LogP contribution is 2.16. The Hall–Kier alpha value is -1.70. The highest BCUT2D eigenvalue weighted by molar-refractivity contribution is 7.91. The lowest BCUT2D eigenvalue weighted by Crippen LogP contribution is -2.35. The van der Waals surface area contributed by atoms with E-state index in [9.17, 15) is 13.2 Å². The molecular weight excluding hydrogens is 294 g/mol. The van der Waals surface area contributed by atoms with Crippen LogP contribution in [0.2, 0.25) is 0 Å². The number of hydrogen-bond donors (Lipinski definition) is 1. The van der Waals surface area contributed by atoms with Crippen molar-refractivity contribution in [3.63, 3.8) is 0 Å². The average Bonchev–Trinajstić information content (AvgIpc) is 2.37. The summed E-state index contributed by atoms with van der Waals surface area (Å²) in [7, 11) is -2.98. The van der Waals surface area contributed by atoms with E-state index < -0.39 is 15.8 Å². The summed E-state index contributed by atoms with van der Waals surface area (Å²) in [6.07, 6.45) is 2.81. The molecule has 1 aliphatic rings. The smallest absolute Gasteiger partial charge is 0.341 e. The zero-order valence-electron chi connectivity index (χ0n) is 12.1. The van der Waals surface area contributed by atoms with Crippen molar-refractivity contribution >= 4 is 21.8 Å². The Bertz CT molecular complexity index is 630. The van der Waals surface area contributed by atoms with Crippen LogP contribution in [0.4, 0.5) is 5.95 Å². The Morgan fingerprint density at radius 1 is 1.52 bits per heavy atom. The van der Waals surface area contributed by atoms with Crippen LogP contribution in [-0.2, 0) is 14.6 Å². The average molecular weight is 313 g/mol. The SMILES string of the molecule is CCOC(=O)c1cnc(NC2CCCS(=O)(=O)C2)nc1C. The van der Waals surface area contributed by atoms with Crippen molar-refractivity contribution in [3.8, 4) is 0 Å². The topological polar surface area (TPSA) is 98.2 Å². The van der Waals surface area contributed by atoms with Crippen molar-refractivity contribution in [2.45, 2.75) is 32.7 Å². The van der Waals surface area contributed by atoms with E-state index in [1.165, 1.54) is 6.20 Å². The van der Waals surface area contributed by atoms with E-state index in [0.29, 0.717) is 23.6 Å². The van der Waals surface area contributed by atoms with Crippen LogP contribution < -0.4 is 5.32 Å². The second-order valence-corrected chi connectivity index (χ2v) is 7.24. The molecule has 1 aromatic heterocycles. The second-order valence-electron chi connectivity index (χ2n) is 5.01. The molecule has 1 N–H and O–H groups in total. The van der Waals surface area contributed by atoms with Crippen molar-refractivity contribution in [2.24, 2.45) is 0 Å². The highest BCUT2D eigenvalue weighted by atomic mass is 32.2. The fourth-order valence-electron chi connectivity index (χ4n) is 2.27. The Kier molecular flexibility index (Phi) is 4.76. The largest absolute Gasteiger partial charge is 0.462 e. The summed E-state index contributed by atoms with van der Waals surface area (Å²) in [6.45, 7) is 3.71. The molecule has 116 valence electrons. The molecule has 8 heteroatoms. The van der Waals surface area contributed by atoms with E-state index in [0.717, 1.165) is 6.42 Å². The van der Waals surface area contributed by atoms with Crippen molar-refractivity contribution in [1.29, 1.82) is 0 Å². The van der Waals surface area contributed by atoms with Crippen LogP contribution in [0.25, 0.3) is 0 Å². The van der Waals surface area contributed by atoms with Gasteiger partial charge < -0.3 is 10.1 Å². The normalized spacial score (nSPS) is 20.8. The van der Waals surface area contributed by atoms with Gasteiger partial charge in [0.05, 0.1) is 29.4 Å². The third-order valence-corrected chi connectivity index (χ3v) is 5.09. The summed E-state index contributed by atoms with van der Waals surface area (Å²) >= 11 is 0. The second kappa shape index (κ2) is 6.38. The molecule has 2 rings (SSSR count). The molecule has 0 aromatic carbocycles. The standard InChI is InChI=1S/C13H19N3O4S/c1-3-20-12(17)11-7-14-13(15-9(11)2)16-10-5-4-6-21(18,19)8-10/h7,10H,3-6,8H2,1-2H3,(H,14,15,16). The Morgan fingerprint density at radius 3 is 2.90 bits per heavy atom. The van der Waals surface area contributed by atoms with E-state index in [2.05, 4.69) is 15.3 Å². The zero-order valence-corrected chi connectivity index (χ0v) is 12.9. The van der Waals surface area contributed by atoms with Gasteiger partial charge in [0.25, 0.3) is 0 Å². The minimum atomic E-state index is -2.98. The molecule has 2 heterocycles. The molecule has 1 unspecified atom stereocenters. The van der Waals surface area contributed by atoms with E-state index in [1.54, 1.807) is 13.8 Å². The van der Waals surface area contributed by atoms with Crippen LogP contribution in [0, 0.1) is 6.92 Å². The minimum absolute atomic E-state index is 0.0923. The van der Waals surface area contributed by atoms with Gasteiger partial charge in [-0.2, -0.15) is 0 Å². The molecule has 1 saturated heterocycles. The summed E-state index contributed by atoms with van der Waals surface area (Å²) in [5.74, 6) is 0.214. The van der Waals surface area contributed by atoms with Gasteiger partial charge in [-0.25, -0.2) is 23.2 Å². The van der Waals surface area contributed by atoms with Crippen LogP contribution in [-0.4, -0.2) is 48.5 Å². The number of anilines is 1. The van der Waals surface area contributed by atoms with Crippen molar-refractivity contribution < 1.29 is 17.9 Å². The minimum Gasteiger partial charge on any atom is -0.462 e. The van der Waals surface area contributed by atoms with Gasteiger partial charge in [0.2, 0.25) is 5.95 Å². The first-order chi connectivity index (χ1) is 9.91. The van der Waals surface area contributed by atoms with Crippen molar-refractivity contribution in [3.05, 3.63) is 17.5 Å². The first kappa shape index (κ1) is 15.7. The van der Waals surface area contributed by atoms with E-state index in [1.807, 2.05) is 0 Å². The van der Waals surface area contributed by atoms with E-state index in [4.69, 9.17) is 4.74 Å². The number of ether oxygens (including phenoxy) is 1. The predicted molar refractivity (Wildman–Crippen MR) is 78.0 cm³/mol. The maximum Gasteiger partial charge on any atom is 0.341 e. The number of aryl methyl sites for hydroxylation is 1. The van der Waals surface area contributed by atoms with E-state index in [-0.39, 0.29) is 24.2 Å². The summed E-state index contributed by atoms with van der Waals surface area (Å²) in [5.41, 5.74) is 0.822. The van der Waals surface area contributed by atoms with E-state index >= 15 is 0 Å². The number of esters is 1. The number of nitrogens with one attached hydrogen (secondary N) is 1. The predicted octanol–water partition coefficient (Wildman–Crippen LogP) is 0.951. The quantitative estimate of drug-likeness (QED) is 0.826. The molecule has 0 bridgehead atoms. The lowest BCUT2D eigenvalue weighted by Gasteiger charge is -2.23. The van der Waals surface area contributed by atoms with Gasteiger partial charge in [0.15, 0.2) is 9.84 Å². The number of carbonyl (C=O) groups excluding carboxylic acids is 1. The van der Waals surface area contributed by atoms with Crippen LogP contribution in [0.5, 0.6) is 0 Å². The molecule has 0 amide bonds. The maximum atomic E-state index is 11.7. The van der Waals surface area contributed by atoms with Gasteiger partial charge in [0, 0.05) is 12.2 Å². The maximum absolute atomic E-state index is 11.7. The van der Waals surface area contributed by atoms with Crippen LogP contribution in [0.1, 0.15) is 35.8 Å². The highest BCUT2D eigenvalue weighted by Gasteiger charge is 2.25. The van der Waals surface area contributed by atoms with Crippen molar-refractivity contribution in [1.82, 2.24) is 9.97 Å². The number of rotatable bonds is 4. The molecule has 0 aliphatic carbocycles. The third-order valence-electron chi connectivity index (χ3n) is 3.27. The molecule has 7 nitrogen and oxygen atoms in total. The molecule has 0 spiro atoms. The molecule has 0 radical (unpaired) electrons. The zero-order chi connectivity index (χ0) is 15.5.